The third kappa shape index (κ3) is 3.18. The molecule has 0 saturated carbocycles. The molecule has 0 bridgehead atoms. The first-order valence-electron chi connectivity index (χ1n) is 5.01. The zero-order chi connectivity index (χ0) is 12.1. The number of para-hydroxylation sites is 1. The summed E-state index contributed by atoms with van der Waals surface area (Å²) in [5, 5.41) is 1.16. The monoisotopic (exact) mass is 345 g/mol. The Morgan fingerprint density at radius 2 is 1.72 bits per heavy atom. The Bertz CT molecular complexity index is 560. The summed E-state index contributed by atoms with van der Waals surface area (Å²) < 4.78 is 0. The maximum atomic E-state index is 4.57. The molecule has 3 rings (SSSR count). The largest absolute Gasteiger partial charge is 0.656 e. The molecule has 0 aliphatic carbocycles. The van der Waals surface area contributed by atoms with Crippen LogP contribution in [0, 0.1) is 7.43 Å². The first-order valence-corrected chi connectivity index (χ1v) is 7.24. The Kier molecular flexibility index (Phi) is 6.04. The van der Waals surface area contributed by atoms with Gasteiger partial charge in [-0.05, 0) is 17.5 Å². The minimum atomic E-state index is 0. The van der Waals surface area contributed by atoms with Crippen molar-refractivity contribution in [2.75, 3.05) is 0 Å². The van der Waals surface area contributed by atoms with Gasteiger partial charge in [0.1, 0.15) is 0 Å². The summed E-state index contributed by atoms with van der Waals surface area (Å²) in [5.41, 5.74) is 2.89. The molecule has 93 valence electrons. The van der Waals surface area contributed by atoms with Crippen molar-refractivity contribution in [1.82, 2.24) is 9.97 Å². The molecule has 18 heavy (non-hydrogen) atoms. The van der Waals surface area contributed by atoms with Crippen LogP contribution in [0.2, 0.25) is 0 Å². The SMILES string of the molecule is [CH3-].[Cl][Ru+2].c1ccc(-c2cc3ccccc3[n-]2)nc1. The number of benzene rings is 1. The summed E-state index contributed by atoms with van der Waals surface area (Å²) in [6, 6.07) is 16.0. The quantitative estimate of drug-likeness (QED) is 0.493. The van der Waals surface area contributed by atoms with Crippen molar-refractivity contribution in [2.45, 2.75) is 0 Å². The third-order valence-corrected chi connectivity index (χ3v) is 2.40. The van der Waals surface area contributed by atoms with Crippen molar-refractivity contribution in [2.24, 2.45) is 0 Å². The number of halogens is 1. The molecule has 1 aromatic carbocycles. The van der Waals surface area contributed by atoms with Crippen LogP contribution in [0.3, 0.4) is 0 Å². The molecule has 0 aliphatic rings. The Hall–Kier alpha value is -1.18. The molecule has 0 amide bonds. The maximum absolute atomic E-state index is 4.57. The van der Waals surface area contributed by atoms with Gasteiger partial charge in [-0.1, -0.05) is 36.4 Å². The van der Waals surface area contributed by atoms with Crippen LogP contribution in [0.5, 0.6) is 0 Å². The molecule has 0 atom stereocenters. The molecule has 0 spiro atoms. The molecular formula is C14H12ClN2Ru. The van der Waals surface area contributed by atoms with Gasteiger partial charge < -0.3 is 12.4 Å². The topological polar surface area (TPSA) is 27.0 Å². The van der Waals surface area contributed by atoms with Crippen LogP contribution >= 0.6 is 9.69 Å². The normalized spacial score (nSPS) is 9.17. The number of fused-ring (bicyclic) bond motifs is 1. The van der Waals surface area contributed by atoms with Gasteiger partial charge in [0.05, 0.1) is 0 Å². The van der Waals surface area contributed by atoms with Gasteiger partial charge in [0, 0.05) is 11.9 Å². The van der Waals surface area contributed by atoms with E-state index >= 15 is 0 Å². The number of pyridine rings is 1. The van der Waals surface area contributed by atoms with Crippen LogP contribution in [0.15, 0.2) is 54.7 Å². The smallest absolute Gasteiger partial charge is 0.0483 e. The van der Waals surface area contributed by atoms with Gasteiger partial charge in [0.25, 0.3) is 0 Å². The molecule has 0 saturated heterocycles. The van der Waals surface area contributed by atoms with Gasteiger partial charge in [0.15, 0.2) is 0 Å². The summed E-state index contributed by atoms with van der Waals surface area (Å²) >= 11 is 1.82. The number of rotatable bonds is 1. The maximum Gasteiger partial charge on any atom is 0.0483 e. The molecule has 0 fully saturated rings. The Labute approximate surface area is 121 Å². The molecule has 0 radical (unpaired) electrons. The van der Waals surface area contributed by atoms with E-state index in [1.807, 2.05) is 53.7 Å². The average Bonchev–Trinajstić information content (AvgIpc) is 2.86. The van der Waals surface area contributed by atoms with Gasteiger partial charge in [-0.15, -0.1) is 11.2 Å². The van der Waals surface area contributed by atoms with Gasteiger partial charge in [0.2, 0.25) is 0 Å². The van der Waals surface area contributed by atoms with Crippen molar-refractivity contribution in [3.8, 4) is 11.4 Å². The van der Waals surface area contributed by atoms with Crippen LogP contribution in [-0.4, -0.2) is 4.98 Å². The average molecular weight is 345 g/mol. The summed E-state index contributed by atoms with van der Waals surface area (Å²) in [6.45, 7) is 0. The van der Waals surface area contributed by atoms with Crippen LogP contribution in [0.25, 0.3) is 22.3 Å². The first-order chi connectivity index (χ1) is 8.43. The van der Waals surface area contributed by atoms with Gasteiger partial charge in [-0.3, -0.25) is 4.98 Å². The van der Waals surface area contributed by atoms with E-state index in [2.05, 4.69) is 31.8 Å². The summed E-state index contributed by atoms with van der Waals surface area (Å²) in [4.78, 5) is 8.80. The Balaban J connectivity index is 0.000000516. The van der Waals surface area contributed by atoms with Crippen LogP contribution in [-0.2, 0) is 17.3 Å². The molecule has 2 heterocycles. The van der Waals surface area contributed by atoms with Crippen molar-refractivity contribution in [1.29, 1.82) is 0 Å². The summed E-state index contributed by atoms with van der Waals surface area (Å²) in [5.74, 6) is 0. The molecule has 2 nitrogen and oxygen atoms in total. The molecule has 0 unspecified atom stereocenters. The fourth-order valence-corrected chi connectivity index (χ4v) is 1.67. The van der Waals surface area contributed by atoms with E-state index in [-0.39, 0.29) is 7.43 Å². The van der Waals surface area contributed by atoms with E-state index < -0.39 is 0 Å². The van der Waals surface area contributed by atoms with E-state index in [0.717, 1.165) is 22.3 Å². The van der Waals surface area contributed by atoms with Gasteiger partial charge >= 0.3 is 27.0 Å². The van der Waals surface area contributed by atoms with Crippen LogP contribution < -0.4 is 4.98 Å². The molecular weight excluding hydrogens is 333 g/mol. The Morgan fingerprint density at radius 3 is 2.39 bits per heavy atom. The van der Waals surface area contributed by atoms with Crippen molar-refractivity contribution in [3.63, 3.8) is 0 Å². The minimum Gasteiger partial charge on any atom is -0.656 e. The van der Waals surface area contributed by atoms with Crippen LogP contribution in [0.4, 0.5) is 0 Å². The zero-order valence-electron chi connectivity index (χ0n) is 9.82. The molecule has 0 aliphatic heterocycles. The van der Waals surface area contributed by atoms with E-state index in [9.17, 15) is 0 Å². The second-order valence-electron chi connectivity index (χ2n) is 3.42. The van der Waals surface area contributed by atoms with E-state index in [0.29, 0.717) is 0 Å². The fourth-order valence-electron chi connectivity index (χ4n) is 1.67. The second-order valence-corrected chi connectivity index (χ2v) is 3.42. The van der Waals surface area contributed by atoms with Crippen molar-refractivity contribution in [3.05, 3.63) is 62.2 Å². The molecule has 3 aromatic rings. The predicted octanol–water partition coefficient (Wildman–Crippen LogP) is 4.00. The summed E-state index contributed by atoms with van der Waals surface area (Å²) in [6.07, 6.45) is 1.79. The predicted molar refractivity (Wildman–Crippen MR) is 72.8 cm³/mol. The van der Waals surface area contributed by atoms with Crippen LogP contribution in [0.1, 0.15) is 0 Å². The van der Waals surface area contributed by atoms with Gasteiger partial charge in [-0.25, -0.2) is 0 Å². The van der Waals surface area contributed by atoms with E-state index in [1.165, 1.54) is 0 Å². The fraction of sp³-hybridized carbons (Fsp3) is 0. The second kappa shape index (κ2) is 7.30. The number of hydrogen-bond donors (Lipinski definition) is 0. The minimum absolute atomic E-state index is 0. The molecule has 2 aromatic heterocycles. The number of aromatic nitrogens is 2. The Morgan fingerprint density at radius 1 is 1.00 bits per heavy atom. The standard InChI is InChI=1S/C13H9N2.CH3.ClH.Ru/c1-2-6-11-10(5-1)9-13(15-11)12-7-3-4-8-14-12;;;/h1-9H;1H3;1H;/q2*-1;;+3/p-1. The summed E-state index contributed by atoms with van der Waals surface area (Å²) in [7, 11) is 4.57. The van der Waals surface area contributed by atoms with Crippen molar-refractivity contribution >= 4 is 20.6 Å². The third-order valence-electron chi connectivity index (χ3n) is 2.40. The zero-order valence-corrected chi connectivity index (χ0v) is 12.3. The van der Waals surface area contributed by atoms with E-state index in [4.69, 9.17) is 0 Å². The number of hydrogen-bond acceptors (Lipinski definition) is 1. The molecule has 0 N–H and O–H groups in total. The molecule has 4 heteroatoms. The van der Waals surface area contributed by atoms with Crippen molar-refractivity contribution < 1.29 is 17.3 Å². The van der Waals surface area contributed by atoms with E-state index in [1.54, 1.807) is 6.20 Å². The number of nitrogens with zero attached hydrogens (tertiary/aromatic N) is 2. The van der Waals surface area contributed by atoms with Gasteiger partial charge in [-0.2, -0.15) is 0 Å². The first kappa shape index (κ1) is 14.9.